The number of nitrogens with one attached hydrogen (secondary N) is 1. The summed E-state index contributed by atoms with van der Waals surface area (Å²) in [4.78, 5) is 11.3. The first-order chi connectivity index (χ1) is 10.2. The predicted molar refractivity (Wildman–Crippen MR) is 77.2 cm³/mol. The van der Waals surface area contributed by atoms with E-state index in [0.29, 0.717) is 5.56 Å². The molecule has 110 valence electrons. The van der Waals surface area contributed by atoms with Gasteiger partial charge in [0.15, 0.2) is 0 Å². The Morgan fingerprint density at radius 2 is 1.62 bits per heavy atom. The first-order valence-corrected chi connectivity index (χ1v) is 6.54. The van der Waals surface area contributed by atoms with Crippen LogP contribution in [0.1, 0.15) is 17.2 Å². The Hall–Kier alpha value is -2.21. The van der Waals surface area contributed by atoms with Gasteiger partial charge >= 0.3 is 5.97 Å². The largest absolute Gasteiger partial charge is 0.480 e. The molecule has 0 aromatic heterocycles. The van der Waals surface area contributed by atoms with Crippen LogP contribution in [0.4, 0.5) is 0 Å². The highest BCUT2D eigenvalue weighted by molar-refractivity contribution is 5.75. The lowest BCUT2D eigenvalue weighted by atomic mass is 10.1. The van der Waals surface area contributed by atoms with Gasteiger partial charge in [-0.15, -0.1) is 0 Å². The molecule has 2 atom stereocenters. The van der Waals surface area contributed by atoms with Crippen molar-refractivity contribution in [2.75, 3.05) is 0 Å². The highest BCUT2D eigenvalue weighted by atomic mass is 16.6. The molecule has 2 aromatic carbocycles. The summed E-state index contributed by atoms with van der Waals surface area (Å²) in [6.07, 6.45) is -1.37. The summed E-state index contributed by atoms with van der Waals surface area (Å²) in [5, 5.41) is 21.6. The fourth-order valence-corrected chi connectivity index (χ4v) is 1.90. The highest BCUT2D eigenvalue weighted by Crippen LogP contribution is 2.13. The average molecular weight is 287 g/mol. The van der Waals surface area contributed by atoms with Crippen molar-refractivity contribution in [1.29, 1.82) is 0 Å². The fraction of sp³-hybridized carbons (Fsp3) is 0.188. The van der Waals surface area contributed by atoms with Gasteiger partial charge in [0.2, 0.25) is 6.41 Å². The molecule has 0 fully saturated rings. The van der Waals surface area contributed by atoms with Gasteiger partial charge < -0.3 is 14.9 Å². The molecule has 0 aliphatic heterocycles. The summed E-state index contributed by atoms with van der Waals surface area (Å²) >= 11 is 0. The molecule has 0 saturated heterocycles. The SMILES string of the molecule is O=C(O)[C@@H](NC(O)OCc1ccccc1)c1ccccc1. The number of benzene rings is 2. The molecule has 2 rings (SSSR count). The molecular formula is C16H17NO4. The maximum atomic E-state index is 11.3. The maximum Gasteiger partial charge on any atom is 0.325 e. The molecule has 1 unspecified atom stereocenters. The summed E-state index contributed by atoms with van der Waals surface area (Å²) in [7, 11) is 0. The van der Waals surface area contributed by atoms with E-state index in [2.05, 4.69) is 5.32 Å². The number of hydrogen-bond acceptors (Lipinski definition) is 4. The third-order valence-electron chi connectivity index (χ3n) is 2.94. The van der Waals surface area contributed by atoms with Crippen LogP contribution in [0.5, 0.6) is 0 Å². The molecule has 0 amide bonds. The van der Waals surface area contributed by atoms with Crippen molar-refractivity contribution in [3.05, 3.63) is 71.8 Å². The van der Waals surface area contributed by atoms with Crippen LogP contribution >= 0.6 is 0 Å². The number of aliphatic hydroxyl groups is 1. The molecule has 0 aliphatic rings. The van der Waals surface area contributed by atoms with Gasteiger partial charge in [-0.2, -0.15) is 0 Å². The van der Waals surface area contributed by atoms with Crippen molar-refractivity contribution < 1.29 is 19.7 Å². The Kier molecular flexibility index (Phi) is 5.45. The van der Waals surface area contributed by atoms with Crippen LogP contribution in [0, 0.1) is 0 Å². The maximum absolute atomic E-state index is 11.3. The van der Waals surface area contributed by atoms with Gasteiger partial charge in [-0.1, -0.05) is 60.7 Å². The predicted octanol–water partition coefficient (Wildman–Crippen LogP) is 1.89. The van der Waals surface area contributed by atoms with Crippen molar-refractivity contribution in [2.24, 2.45) is 0 Å². The average Bonchev–Trinajstić information content (AvgIpc) is 2.52. The number of carboxylic acids is 1. The Balaban J connectivity index is 1.93. The van der Waals surface area contributed by atoms with Crippen molar-refractivity contribution in [3.63, 3.8) is 0 Å². The van der Waals surface area contributed by atoms with Gasteiger partial charge in [-0.3, -0.25) is 10.1 Å². The third-order valence-corrected chi connectivity index (χ3v) is 2.94. The number of aliphatic carboxylic acids is 1. The van der Waals surface area contributed by atoms with Crippen LogP contribution in [0.25, 0.3) is 0 Å². The van der Waals surface area contributed by atoms with Gasteiger partial charge in [0.05, 0.1) is 6.61 Å². The number of carbonyl (C=O) groups is 1. The Labute approximate surface area is 122 Å². The molecule has 0 aliphatic carbocycles. The second kappa shape index (κ2) is 7.54. The molecule has 0 heterocycles. The first-order valence-electron chi connectivity index (χ1n) is 6.54. The number of rotatable bonds is 7. The van der Waals surface area contributed by atoms with Crippen molar-refractivity contribution in [3.8, 4) is 0 Å². The van der Waals surface area contributed by atoms with Crippen LogP contribution < -0.4 is 5.32 Å². The van der Waals surface area contributed by atoms with Crippen molar-refractivity contribution >= 4 is 5.97 Å². The van der Waals surface area contributed by atoms with E-state index in [1.165, 1.54) is 0 Å². The van der Waals surface area contributed by atoms with Gasteiger partial charge in [-0.25, -0.2) is 0 Å². The summed E-state index contributed by atoms with van der Waals surface area (Å²) < 4.78 is 5.21. The summed E-state index contributed by atoms with van der Waals surface area (Å²) in [6, 6.07) is 16.9. The monoisotopic (exact) mass is 287 g/mol. The minimum Gasteiger partial charge on any atom is -0.480 e. The molecule has 0 bridgehead atoms. The van der Waals surface area contributed by atoms with Gasteiger partial charge in [0.1, 0.15) is 6.04 Å². The molecule has 5 heteroatoms. The molecule has 21 heavy (non-hydrogen) atoms. The zero-order chi connectivity index (χ0) is 15.1. The lowest BCUT2D eigenvalue weighted by molar-refractivity contribution is -0.155. The van der Waals surface area contributed by atoms with E-state index in [1.807, 2.05) is 30.3 Å². The highest BCUT2D eigenvalue weighted by Gasteiger charge is 2.22. The molecule has 0 spiro atoms. The normalized spacial score (nSPS) is 13.6. The molecule has 0 radical (unpaired) electrons. The number of carboxylic acid groups (broad SMARTS) is 1. The smallest absolute Gasteiger partial charge is 0.325 e. The fourth-order valence-electron chi connectivity index (χ4n) is 1.90. The van der Waals surface area contributed by atoms with Crippen LogP contribution in [0.2, 0.25) is 0 Å². The van der Waals surface area contributed by atoms with E-state index >= 15 is 0 Å². The molecule has 3 N–H and O–H groups in total. The molecular weight excluding hydrogens is 270 g/mol. The summed E-state index contributed by atoms with van der Waals surface area (Å²) in [6.45, 7) is 0.191. The van der Waals surface area contributed by atoms with Crippen LogP contribution in [-0.2, 0) is 16.1 Å². The van der Waals surface area contributed by atoms with E-state index in [-0.39, 0.29) is 6.61 Å². The zero-order valence-electron chi connectivity index (χ0n) is 11.3. The third kappa shape index (κ3) is 4.68. The van der Waals surface area contributed by atoms with E-state index in [4.69, 9.17) is 4.74 Å². The molecule has 0 saturated carbocycles. The topological polar surface area (TPSA) is 78.8 Å². The van der Waals surface area contributed by atoms with E-state index in [0.717, 1.165) is 5.56 Å². The second-order valence-corrected chi connectivity index (χ2v) is 4.50. The van der Waals surface area contributed by atoms with Crippen molar-refractivity contribution in [1.82, 2.24) is 5.32 Å². The van der Waals surface area contributed by atoms with E-state index < -0.39 is 18.4 Å². The zero-order valence-corrected chi connectivity index (χ0v) is 11.3. The van der Waals surface area contributed by atoms with Crippen LogP contribution in [0.15, 0.2) is 60.7 Å². The standard InChI is InChI=1S/C16H17NO4/c18-15(19)14(13-9-5-2-6-10-13)17-16(20)21-11-12-7-3-1-4-8-12/h1-10,14,16-17,20H,11H2,(H,18,19)/t14-,16?/m0/s1. The van der Waals surface area contributed by atoms with Crippen LogP contribution in [-0.4, -0.2) is 22.6 Å². The minimum atomic E-state index is -1.37. The lowest BCUT2D eigenvalue weighted by Gasteiger charge is -2.19. The summed E-state index contributed by atoms with van der Waals surface area (Å²) in [5.74, 6) is -1.08. The quantitative estimate of drug-likeness (QED) is 0.678. The van der Waals surface area contributed by atoms with Crippen LogP contribution in [0.3, 0.4) is 0 Å². The molecule has 5 nitrogen and oxygen atoms in total. The number of hydrogen-bond donors (Lipinski definition) is 3. The Bertz CT molecular complexity index is 559. The van der Waals surface area contributed by atoms with E-state index in [9.17, 15) is 15.0 Å². The first kappa shape index (κ1) is 15.2. The number of aliphatic hydroxyl groups excluding tert-OH is 1. The van der Waals surface area contributed by atoms with E-state index in [1.54, 1.807) is 30.3 Å². The van der Waals surface area contributed by atoms with Gasteiger partial charge in [0.25, 0.3) is 0 Å². The van der Waals surface area contributed by atoms with Gasteiger partial charge in [0, 0.05) is 0 Å². The lowest BCUT2D eigenvalue weighted by Crippen LogP contribution is -2.38. The van der Waals surface area contributed by atoms with Gasteiger partial charge in [-0.05, 0) is 11.1 Å². The second-order valence-electron chi connectivity index (χ2n) is 4.50. The molecule has 2 aromatic rings. The number of ether oxygens (including phenoxy) is 1. The Morgan fingerprint density at radius 1 is 1.05 bits per heavy atom. The minimum absolute atomic E-state index is 0.191. The summed E-state index contributed by atoms with van der Waals surface area (Å²) in [5.41, 5.74) is 1.44. The van der Waals surface area contributed by atoms with Crippen molar-refractivity contribution in [2.45, 2.75) is 19.1 Å². The Morgan fingerprint density at radius 3 is 2.19 bits per heavy atom.